The average Bonchev–Trinajstić information content (AvgIpc) is 3.07. The van der Waals surface area contributed by atoms with Crippen molar-refractivity contribution >= 4 is 39.5 Å². The van der Waals surface area contributed by atoms with Crippen LogP contribution in [0, 0.1) is 0 Å². The molecule has 0 atom stereocenters. The molecule has 0 aliphatic heterocycles. The lowest BCUT2D eigenvalue weighted by atomic mass is 10.3. The van der Waals surface area contributed by atoms with Crippen LogP contribution in [0.4, 0.5) is 11.4 Å². The Morgan fingerprint density at radius 3 is 2.26 bits per heavy atom. The molecular formula is C16H12N4O9S2. The number of hydrogen-bond donors (Lipinski definition) is 4. The van der Waals surface area contributed by atoms with E-state index in [-0.39, 0.29) is 10.6 Å². The number of carbonyl (C=O) groups is 1. The minimum Gasteiger partial charge on any atom is -0.492 e. The Hall–Kier alpha value is -3.34. The molecule has 0 bridgehead atoms. The number of hydrogen-bond acceptors (Lipinski definition) is 11. The van der Waals surface area contributed by atoms with E-state index >= 15 is 0 Å². The van der Waals surface area contributed by atoms with E-state index in [0.717, 1.165) is 28.9 Å². The SMILES string of the molecule is O=C(O)c1nn(-c2ccc(S(=O)(=O)O)cc2)c(O)c1N=Nc1ccc(SOOO)cc1. The van der Waals surface area contributed by atoms with Crippen molar-refractivity contribution in [2.24, 2.45) is 10.2 Å². The minimum atomic E-state index is -4.42. The van der Waals surface area contributed by atoms with Gasteiger partial charge in [0.1, 0.15) is 0 Å². The first-order chi connectivity index (χ1) is 14.7. The highest BCUT2D eigenvalue weighted by atomic mass is 32.2. The first-order valence-electron chi connectivity index (χ1n) is 8.00. The van der Waals surface area contributed by atoms with E-state index in [1.807, 2.05) is 0 Å². The van der Waals surface area contributed by atoms with Gasteiger partial charge in [0, 0.05) is 4.90 Å². The summed E-state index contributed by atoms with van der Waals surface area (Å²) in [6.07, 6.45) is 0. The molecule has 0 amide bonds. The van der Waals surface area contributed by atoms with Crippen LogP contribution in [0.1, 0.15) is 10.5 Å². The average molecular weight is 468 g/mol. The summed E-state index contributed by atoms with van der Waals surface area (Å²) in [5, 5.41) is 42.8. The number of aromatic hydroxyl groups is 1. The van der Waals surface area contributed by atoms with Crippen molar-refractivity contribution in [3.63, 3.8) is 0 Å². The van der Waals surface area contributed by atoms with Gasteiger partial charge in [-0.3, -0.25) is 4.55 Å². The Morgan fingerprint density at radius 2 is 1.71 bits per heavy atom. The van der Waals surface area contributed by atoms with Gasteiger partial charge in [-0.05, 0) is 48.5 Å². The zero-order chi connectivity index (χ0) is 22.6. The summed E-state index contributed by atoms with van der Waals surface area (Å²) in [4.78, 5) is 11.7. The summed E-state index contributed by atoms with van der Waals surface area (Å²) in [6.45, 7) is 0. The summed E-state index contributed by atoms with van der Waals surface area (Å²) in [7, 11) is -4.42. The smallest absolute Gasteiger partial charge is 0.358 e. The van der Waals surface area contributed by atoms with Crippen LogP contribution < -0.4 is 0 Å². The van der Waals surface area contributed by atoms with Gasteiger partial charge in [-0.1, -0.05) is 5.04 Å². The van der Waals surface area contributed by atoms with E-state index in [9.17, 15) is 23.4 Å². The molecule has 1 aromatic heterocycles. The maximum absolute atomic E-state index is 11.5. The summed E-state index contributed by atoms with van der Waals surface area (Å²) >= 11 is 0.727. The highest BCUT2D eigenvalue weighted by Gasteiger charge is 2.24. The summed E-state index contributed by atoms with van der Waals surface area (Å²) in [5.74, 6) is -2.13. The van der Waals surface area contributed by atoms with Crippen LogP contribution in [0.2, 0.25) is 0 Å². The van der Waals surface area contributed by atoms with Gasteiger partial charge in [0.05, 0.1) is 28.3 Å². The molecule has 4 N–H and O–H groups in total. The second-order valence-corrected chi connectivity index (χ2v) is 7.82. The zero-order valence-electron chi connectivity index (χ0n) is 15.1. The quantitative estimate of drug-likeness (QED) is 0.124. The van der Waals surface area contributed by atoms with Crippen molar-refractivity contribution < 1.29 is 42.6 Å². The fraction of sp³-hybridized carbons (Fsp3) is 0. The highest BCUT2D eigenvalue weighted by molar-refractivity contribution is 7.94. The first-order valence-corrected chi connectivity index (χ1v) is 10.2. The van der Waals surface area contributed by atoms with Crippen molar-refractivity contribution in [3.8, 4) is 11.6 Å². The van der Waals surface area contributed by atoms with Gasteiger partial charge in [0.2, 0.25) is 11.6 Å². The van der Waals surface area contributed by atoms with Crippen LogP contribution in [-0.4, -0.2) is 44.2 Å². The van der Waals surface area contributed by atoms with Gasteiger partial charge < -0.3 is 10.2 Å². The zero-order valence-corrected chi connectivity index (χ0v) is 16.7. The maximum atomic E-state index is 11.5. The fourth-order valence-electron chi connectivity index (χ4n) is 2.31. The Bertz CT molecular complexity index is 1220. The minimum absolute atomic E-state index is 0.112. The standard InChI is InChI=1S/C16H12N4O9S2/c21-15-13(18-17-9-1-5-11(6-2-9)30-29-28-24)14(16(22)23)19-20(15)10-3-7-12(8-4-10)31(25,26)27/h1-8,21,24H,(H,22,23)(H,25,26,27). The van der Waals surface area contributed by atoms with Gasteiger partial charge in [-0.15, -0.1) is 9.45 Å². The van der Waals surface area contributed by atoms with Gasteiger partial charge >= 0.3 is 5.97 Å². The maximum Gasteiger partial charge on any atom is 0.358 e. The number of carboxylic acids is 1. The molecular weight excluding hydrogens is 456 g/mol. The molecule has 15 heteroatoms. The molecule has 2 aromatic carbocycles. The van der Waals surface area contributed by atoms with Crippen LogP contribution in [0.15, 0.2) is 68.6 Å². The number of aromatic nitrogens is 2. The third-order valence-electron chi connectivity index (χ3n) is 3.68. The Balaban J connectivity index is 1.93. The van der Waals surface area contributed by atoms with E-state index in [0.29, 0.717) is 10.6 Å². The molecule has 3 rings (SSSR count). The van der Waals surface area contributed by atoms with Gasteiger partial charge in [-0.2, -0.15) is 23.3 Å². The van der Waals surface area contributed by atoms with Crippen molar-refractivity contribution in [2.75, 3.05) is 0 Å². The molecule has 0 radical (unpaired) electrons. The van der Waals surface area contributed by atoms with E-state index in [1.54, 1.807) is 12.1 Å². The predicted molar refractivity (Wildman–Crippen MR) is 103 cm³/mol. The number of rotatable bonds is 8. The van der Waals surface area contributed by atoms with Crippen LogP contribution >= 0.6 is 12.0 Å². The van der Waals surface area contributed by atoms with Crippen LogP contribution in [-0.2, 0) is 19.5 Å². The highest BCUT2D eigenvalue weighted by Crippen LogP contribution is 2.34. The second kappa shape index (κ2) is 9.21. The largest absolute Gasteiger partial charge is 0.492 e. The normalized spacial score (nSPS) is 11.8. The molecule has 0 unspecified atom stereocenters. The third kappa shape index (κ3) is 5.23. The van der Waals surface area contributed by atoms with Gasteiger partial charge in [-0.25, -0.2) is 10.1 Å². The first kappa shape index (κ1) is 22.3. The lowest BCUT2D eigenvalue weighted by Gasteiger charge is -2.03. The molecule has 0 saturated heterocycles. The Labute approximate surface area is 178 Å². The number of nitrogens with zero attached hydrogens (tertiary/aromatic N) is 4. The number of azo groups is 1. The Kier molecular flexibility index (Phi) is 6.64. The summed E-state index contributed by atoms with van der Waals surface area (Å²) in [6, 6.07) is 10.6. The second-order valence-electron chi connectivity index (χ2n) is 5.63. The molecule has 3 aromatic rings. The molecule has 0 aliphatic carbocycles. The van der Waals surface area contributed by atoms with Crippen molar-refractivity contribution in [1.29, 1.82) is 0 Å². The topological polar surface area (TPSA) is 193 Å². The molecule has 162 valence electrons. The molecule has 1 heterocycles. The van der Waals surface area contributed by atoms with Crippen molar-refractivity contribution in [2.45, 2.75) is 9.79 Å². The van der Waals surface area contributed by atoms with Crippen LogP contribution in [0.25, 0.3) is 5.69 Å². The fourth-order valence-corrected chi connectivity index (χ4v) is 3.14. The van der Waals surface area contributed by atoms with Crippen molar-refractivity contribution in [1.82, 2.24) is 9.78 Å². The third-order valence-corrected chi connectivity index (χ3v) is 5.14. The molecule has 0 spiro atoms. The van der Waals surface area contributed by atoms with E-state index < -0.39 is 33.3 Å². The number of aromatic carboxylic acids is 1. The molecule has 13 nitrogen and oxygen atoms in total. The number of benzene rings is 2. The predicted octanol–water partition coefficient (Wildman–Crippen LogP) is 3.37. The molecule has 0 saturated carbocycles. The molecule has 31 heavy (non-hydrogen) atoms. The van der Waals surface area contributed by atoms with Gasteiger partial charge in [0.25, 0.3) is 10.1 Å². The Morgan fingerprint density at radius 1 is 1.06 bits per heavy atom. The van der Waals surface area contributed by atoms with Crippen molar-refractivity contribution in [3.05, 3.63) is 54.2 Å². The van der Waals surface area contributed by atoms with Crippen LogP contribution in [0.3, 0.4) is 0 Å². The van der Waals surface area contributed by atoms with E-state index in [1.165, 1.54) is 24.3 Å². The summed E-state index contributed by atoms with van der Waals surface area (Å²) < 4.78 is 36.4. The van der Waals surface area contributed by atoms with Crippen LogP contribution in [0.5, 0.6) is 5.88 Å². The number of carboxylic acid groups (broad SMARTS) is 1. The van der Waals surface area contributed by atoms with E-state index in [4.69, 9.17) is 9.81 Å². The van der Waals surface area contributed by atoms with Gasteiger partial charge in [0.15, 0.2) is 5.69 Å². The molecule has 0 aliphatic rings. The van der Waals surface area contributed by atoms with E-state index in [2.05, 4.69) is 24.7 Å². The lowest BCUT2D eigenvalue weighted by Crippen LogP contribution is -2.02. The molecule has 0 fully saturated rings. The lowest BCUT2D eigenvalue weighted by molar-refractivity contribution is -0.432. The summed E-state index contributed by atoms with van der Waals surface area (Å²) in [5.41, 5.74) is -0.612. The monoisotopic (exact) mass is 468 g/mol.